The summed E-state index contributed by atoms with van der Waals surface area (Å²) < 4.78 is 0. The maximum atomic E-state index is 10.0. The Morgan fingerprint density at radius 3 is 1.33 bits per heavy atom. The Morgan fingerprint density at radius 2 is 1.14 bits per heavy atom. The molecular weight excluding hydrogens is 260 g/mol. The second kappa shape index (κ2) is 5.28. The lowest BCUT2D eigenvalue weighted by Crippen LogP contribution is -2.51. The van der Waals surface area contributed by atoms with E-state index in [9.17, 15) is 4.79 Å². The van der Waals surface area contributed by atoms with Gasteiger partial charge >= 0.3 is 5.97 Å². The van der Waals surface area contributed by atoms with Crippen LogP contribution in [0.4, 0.5) is 0 Å². The standard InChI is InChI=1S/C14H24.C5H10O2/c1-13(2,3)14-7-10-4-11(8-14)6-12(5-10)9-14;1-5(2,3)4(6)7/h10-12H,4-9H2,1-3H3;1-3H3,(H,6,7). The molecule has 0 aromatic heterocycles. The van der Waals surface area contributed by atoms with Gasteiger partial charge in [-0.2, -0.15) is 0 Å². The van der Waals surface area contributed by atoms with Crippen LogP contribution in [0, 0.1) is 34.0 Å². The van der Waals surface area contributed by atoms with Crippen molar-refractivity contribution in [1.82, 2.24) is 0 Å². The summed E-state index contributed by atoms with van der Waals surface area (Å²) in [5.41, 5.74) is 0.713. The van der Waals surface area contributed by atoms with E-state index in [-0.39, 0.29) is 0 Å². The fourth-order valence-corrected chi connectivity index (χ4v) is 5.03. The zero-order chi connectivity index (χ0) is 16.1. The van der Waals surface area contributed by atoms with Gasteiger partial charge in [-0.05, 0) is 87.9 Å². The summed E-state index contributed by atoms with van der Waals surface area (Å²) in [5, 5.41) is 8.25. The van der Waals surface area contributed by atoms with E-state index in [0.29, 0.717) is 5.41 Å². The van der Waals surface area contributed by atoms with Gasteiger partial charge in [0.2, 0.25) is 0 Å². The third-order valence-corrected chi connectivity index (χ3v) is 6.27. The Kier molecular flexibility index (Phi) is 4.23. The normalized spacial score (nSPS) is 37.9. The van der Waals surface area contributed by atoms with Gasteiger partial charge in [-0.1, -0.05) is 20.8 Å². The molecule has 0 aliphatic heterocycles. The van der Waals surface area contributed by atoms with Crippen LogP contribution in [0.25, 0.3) is 0 Å². The summed E-state index contributed by atoms with van der Waals surface area (Å²) in [6, 6.07) is 0. The van der Waals surface area contributed by atoms with E-state index < -0.39 is 11.4 Å². The number of carboxylic acid groups (broad SMARTS) is 1. The molecule has 4 saturated carbocycles. The molecule has 21 heavy (non-hydrogen) atoms. The van der Waals surface area contributed by atoms with E-state index in [4.69, 9.17) is 5.11 Å². The highest BCUT2D eigenvalue weighted by atomic mass is 16.4. The minimum absolute atomic E-state index is 0.559. The number of aliphatic carboxylic acids is 1. The van der Waals surface area contributed by atoms with E-state index in [1.807, 2.05) is 0 Å². The molecule has 0 radical (unpaired) electrons. The Bertz CT molecular complexity index is 359. The minimum Gasteiger partial charge on any atom is -0.481 e. The molecule has 0 amide bonds. The molecule has 0 saturated heterocycles. The molecule has 1 N–H and O–H groups in total. The van der Waals surface area contributed by atoms with Crippen molar-refractivity contribution in [2.24, 2.45) is 34.0 Å². The monoisotopic (exact) mass is 294 g/mol. The van der Waals surface area contributed by atoms with Crippen LogP contribution in [-0.4, -0.2) is 11.1 Å². The van der Waals surface area contributed by atoms with Gasteiger partial charge in [0.05, 0.1) is 5.41 Å². The molecule has 4 aliphatic carbocycles. The summed E-state index contributed by atoms with van der Waals surface area (Å²) in [6.07, 6.45) is 9.41. The third-order valence-electron chi connectivity index (χ3n) is 6.27. The molecule has 0 unspecified atom stereocenters. The fraction of sp³-hybridized carbons (Fsp3) is 0.947. The smallest absolute Gasteiger partial charge is 0.308 e. The van der Waals surface area contributed by atoms with Gasteiger partial charge in [0.15, 0.2) is 0 Å². The lowest BCUT2D eigenvalue weighted by molar-refractivity contribution is -0.145. The highest BCUT2D eigenvalue weighted by molar-refractivity contribution is 5.72. The van der Waals surface area contributed by atoms with Crippen LogP contribution in [0.3, 0.4) is 0 Å². The first-order valence-corrected chi connectivity index (χ1v) is 8.66. The molecule has 4 bridgehead atoms. The number of hydrogen-bond acceptors (Lipinski definition) is 1. The van der Waals surface area contributed by atoms with Gasteiger partial charge in [-0.3, -0.25) is 4.79 Å². The van der Waals surface area contributed by atoms with E-state index in [1.54, 1.807) is 59.3 Å². The molecule has 0 atom stereocenters. The summed E-state index contributed by atoms with van der Waals surface area (Å²) in [4.78, 5) is 10.0. The van der Waals surface area contributed by atoms with E-state index >= 15 is 0 Å². The van der Waals surface area contributed by atoms with Gasteiger partial charge in [-0.25, -0.2) is 0 Å². The molecule has 122 valence electrons. The van der Waals surface area contributed by atoms with Crippen molar-refractivity contribution >= 4 is 5.97 Å². The number of carboxylic acids is 1. The molecule has 0 aromatic carbocycles. The van der Waals surface area contributed by atoms with Crippen molar-refractivity contribution in [2.45, 2.75) is 80.1 Å². The van der Waals surface area contributed by atoms with Crippen molar-refractivity contribution in [3.05, 3.63) is 0 Å². The largest absolute Gasteiger partial charge is 0.481 e. The Labute approximate surface area is 130 Å². The molecule has 0 spiro atoms. The van der Waals surface area contributed by atoms with Crippen molar-refractivity contribution in [3.63, 3.8) is 0 Å². The van der Waals surface area contributed by atoms with Crippen LogP contribution in [0.1, 0.15) is 80.1 Å². The average molecular weight is 294 g/mol. The highest BCUT2D eigenvalue weighted by Gasteiger charge is 2.55. The second-order valence-corrected chi connectivity index (χ2v) is 10.0. The summed E-state index contributed by atoms with van der Waals surface area (Å²) in [6.45, 7) is 12.4. The zero-order valence-corrected chi connectivity index (χ0v) is 14.8. The molecule has 2 heteroatoms. The van der Waals surface area contributed by atoms with Gasteiger partial charge < -0.3 is 5.11 Å². The van der Waals surface area contributed by atoms with E-state index in [1.165, 1.54) is 0 Å². The first-order chi connectivity index (χ1) is 9.43. The van der Waals surface area contributed by atoms with Crippen LogP contribution < -0.4 is 0 Å². The van der Waals surface area contributed by atoms with Crippen LogP contribution in [0.5, 0.6) is 0 Å². The number of carbonyl (C=O) groups is 1. The lowest BCUT2D eigenvalue weighted by Gasteiger charge is -2.62. The molecule has 4 aliphatic rings. The molecule has 2 nitrogen and oxygen atoms in total. The molecule has 0 heterocycles. The molecule has 4 fully saturated rings. The average Bonchev–Trinajstić information content (AvgIpc) is 2.24. The first kappa shape index (κ1) is 16.8. The SMILES string of the molecule is CC(C)(C)C(=O)O.CC(C)(C)C12CC3CC(CC(C3)C1)C2. The van der Waals surface area contributed by atoms with Crippen molar-refractivity contribution in [3.8, 4) is 0 Å². The fourth-order valence-electron chi connectivity index (χ4n) is 5.03. The van der Waals surface area contributed by atoms with Crippen LogP contribution in [-0.2, 0) is 4.79 Å². The topological polar surface area (TPSA) is 37.3 Å². The Morgan fingerprint density at radius 1 is 0.857 bits per heavy atom. The predicted octanol–water partition coefficient (Wildman–Crippen LogP) is 5.37. The second-order valence-electron chi connectivity index (χ2n) is 10.0. The van der Waals surface area contributed by atoms with Crippen LogP contribution in [0.2, 0.25) is 0 Å². The quantitative estimate of drug-likeness (QED) is 0.652. The highest BCUT2D eigenvalue weighted by Crippen LogP contribution is 2.65. The lowest BCUT2D eigenvalue weighted by atomic mass is 9.43. The number of hydrogen-bond donors (Lipinski definition) is 1. The van der Waals surface area contributed by atoms with Gasteiger partial charge in [0.25, 0.3) is 0 Å². The zero-order valence-electron chi connectivity index (χ0n) is 14.8. The summed E-state index contributed by atoms with van der Waals surface area (Å²) in [5.74, 6) is 2.58. The molecular formula is C19H34O2. The van der Waals surface area contributed by atoms with Crippen LogP contribution >= 0.6 is 0 Å². The number of rotatable bonds is 0. The van der Waals surface area contributed by atoms with Crippen molar-refractivity contribution in [2.75, 3.05) is 0 Å². The summed E-state index contributed by atoms with van der Waals surface area (Å²) >= 11 is 0. The van der Waals surface area contributed by atoms with Crippen molar-refractivity contribution in [1.29, 1.82) is 0 Å². The maximum Gasteiger partial charge on any atom is 0.308 e. The Hall–Kier alpha value is -0.530. The van der Waals surface area contributed by atoms with E-state index in [2.05, 4.69) is 20.8 Å². The van der Waals surface area contributed by atoms with Gasteiger partial charge in [0.1, 0.15) is 0 Å². The summed E-state index contributed by atoms with van der Waals surface area (Å²) in [7, 11) is 0. The predicted molar refractivity (Wildman–Crippen MR) is 87.2 cm³/mol. The molecule has 4 rings (SSSR count). The first-order valence-electron chi connectivity index (χ1n) is 8.66. The molecule has 0 aromatic rings. The van der Waals surface area contributed by atoms with Crippen molar-refractivity contribution < 1.29 is 9.90 Å². The van der Waals surface area contributed by atoms with Gasteiger partial charge in [0, 0.05) is 0 Å². The van der Waals surface area contributed by atoms with Crippen LogP contribution in [0.15, 0.2) is 0 Å². The minimum atomic E-state index is -0.757. The van der Waals surface area contributed by atoms with E-state index in [0.717, 1.165) is 23.2 Å². The maximum absolute atomic E-state index is 10.0. The third kappa shape index (κ3) is 3.46. The van der Waals surface area contributed by atoms with Gasteiger partial charge in [-0.15, -0.1) is 0 Å². The Balaban J connectivity index is 0.000000199.